The summed E-state index contributed by atoms with van der Waals surface area (Å²) in [7, 11) is 0. The molecule has 13 heavy (non-hydrogen) atoms. The van der Waals surface area contributed by atoms with Crippen molar-refractivity contribution in [2.45, 2.75) is 58.0 Å². The zero-order chi connectivity index (χ0) is 9.26. The van der Waals surface area contributed by atoms with Gasteiger partial charge in [-0.05, 0) is 43.4 Å². The van der Waals surface area contributed by atoms with Gasteiger partial charge in [0.15, 0.2) is 0 Å². The molecular weight excluding hydrogens is 160 g/mol. The number of aliphatic hydroxyl groups excluding tert-OH is 1. The molecule has 0 heterocycles. The first kappa shape index (κ1) is 9.51. The fraction of sp³-hybridized carbons (Fsp3) is 1.00. The normalized spacial score (nSPS) is 37.4. The monoisotopic (exact) mass is 182 g/mol. The van der Waals surface area contributed by atoms with Gasteiger partial charge in [-0.15, -0.1) is 0 Å². The molecule has 1 nitrogen and oxygen atoms in total. The molecule has 1 N–H and O–H groups in total. The second kappa shape index (κ2) is 4.00. The molecule has 2 aliphatic carbocycles. The lowest BCUT2D eigenvalue weighted by molar-refractivity contribution is 0.103. The molecule has 76 valence electrons. The van der Waals surface area contributed by atoms with Crippen LogP contribution in [0.5, 0.6) is 0 Å². The van der Waals surface area contributed by atoms with Crippen LogP contribution in [0.4, 0.5) is 0 Å². The molecular formula is C12H22O. The Balaban J connectivity index is 1.73. The summed E-state index contributed by atoms with van der Waals surface area (Å²) in [6.07, 6.45) is 9.23. The molecule has 0 aromatic carbocycles. The van der Waals surface area contributed by atoms with Crippen LogP contribution in [0.3, 0.4) is 0 Å². The SMILES string of the molecule is CC1CCCC(CC(O)C2CC2)C1. The summed E-state index contributed by atoms with van der Waals surface area (Å²) in [4.78, 5) is 0. The van der Waals surface area contributed by atoms with E-state index in [-0.39, 0.29) is 6.10 Å². The first-order chi connectivity index (χ1) is 6.25. The molecule has 2 aliphatic rings. The van der Waals surface area contributed by atoms with Crippen molar-refractivity contribution in [2.75, 3.05) is 0 Å². The van der Waals surface area contributed by atoms with E-state index in [1.165, 1.54) is 38.5 Å². The Hall–Kier alpha value is -0.0400. The summed E-state index contributed by atoms with van der Waals surface area (Å²) in [5.74, 6) is 2.42. The lowest BCUT2D eigenvalue weighted by Gasteiger charge is -2.28. The molecule has 0 amide bonds. The maximum atomic E-state index is 9.83. The second-order valence-corrected chi connectivity index (χ2v) is 5.28. The summed E-state index contributed by atoms with van der Waals surface area (Å²) < 4.78 is 0. The number of hydrogen-bond donors (Lipinski definition) is 1. The van der Waals surface area contributed by atoms with Crippen molar-refractivity contribution in [2.24, 2.45) is 17.8 Å². The van der Waals surface area contributed by atoms with E-state index >= 15 is 0 Å². The van der Waals surface area contributed by atoms with Crippen LogP contribution in [-0.2, 0) is 0 Å². The molecule has 2 fully saturated rings. The second-order valence-electron chi connectivity index (χ2n) is 5.28. The maximum absolute atomic E-state index is 9.83. The third-order valence-corrected chi connectivity index (χ3v) is 3.79. The molecule has 0 saturated heterocycles. The Morgan fingerprint density at radius 1 is 1.23 bits per heavy atom. The number of aliphatic hydroxyl groups is 1. The van der Waals surface area contributed by atoms with Gasteiger partial charge in [-0.1, -0.05) is 26.2 Å². The Labute approximate surface area is 81.5 Å². The standard InChI is InChI=1S/C12H22O/c1-9-3-2-4-10(7-9)8-12(13)11-5-6-11/h9-13H,2-8H2,1H3. The predicted molar refractivity (Wildman–Crippen MR) is 54.5 cm³/mol. The van der Waals surface area contributed by atoms with Gasteiger partial charge in [-0.25, -0.2) is 0 Å². The molecule has 0 aliphatic heterocycles. The van der Waals surface area contributed by atoms with Gasteiger partial charge in [0.1, 0.15) is 0 Å². The van der Waals surface area contributed by atoms with E-state index in [0.29, 0.717) is 5.92 Å². The van der Waals surface area contributed by atoms with Crippen LogP contribution < -0.4 is 0 Å². The zero-order valence-electron chi connectivity index (χ0n) is 8.71. The highest BCUT2D eigenvalue weighted by Crippen LogP contribution is 2.38. The Morgan fingerprint density at radius 3 is 2.62 bits per heavy atom. The van der Waals surface area contributed by atoms with E-state index in [1.54, 1.807) is 0 Å². The summed E-state index contributed by atoms with van der Waals surface area (Å²) in [6, 6.07) is 0. The average Bonchev–Trinajstić information content (AvgIpc) is 2.85. The van der Waals surface area contributed by atoms with Gasteiger partial charge in [0.25, 0.3) is 0 Å². The predicted octanol–water partition coefficient (Wildman–Crippen LogP) is 2.97. The molecule has 2 saturated carbocycles. The number of rotatable bonds is 3. The smallest absolute Gasteiger partial charge is 0.0571 e. The van der Waals surface area contributed by atoms with Crippen LogP contribution in [0.25, 0.3) is 0 Å². The topological polar surface area (TPSA) is 20.2 Å². The average molecular weight is 182 g/mol. The van der Waals surface area contributed by atoms with Gasteiger partial charge in [0.05, 0.1) is 6.10 Å². The molecule has 0 aromatic heterocycles. The quantitative estimate of drug-likeness (QED) is 0.711. The third-order valence-electron chi connectivity index (χ3n) is 3.79. The van der Waals surface area contributed by atoms with Crippen molar-refractivity contribution in [1.82, 2.24) is 0 Å². The van der Waals surface area contributed by atoms with E-state index in [1.807, 2.05) is 0 Å². The van der Waals surface area contributed by atoms with E-state index in [4.69, 9.17) is 0 Å². The molecule has 0 aromatic rings. The maximum Gasteiger partial charge on any atom is 0.0571 e. The fourth-order valence-electron chi connectivity index (χ4n) is 2.79. The first-order valence-corrected chi connectivity index (χ1v) is 5.93. The van der Waals surface area contributed by atoms with Crippen molar-refractivity contribution in [3.05, 3.63) is 0 Å². The van der Waals surface area contributed by atoms with Crippen LogP contribution in [0.1, 0.15) is 51.9 Å². The summed E-state index contributed by atoms with van der Waals surface area (Å²) in [6.45, 7) is 2.36. The van der Waals surface area contributed by atoms with Gasteiger partial charge >= 0.3 is 0 Å². The summed E-state index contributed by atoms with van der Waals surface area (Å²) in [5, 5.41) is 9.83. The van der Waals surface area contributed by atoms with Gasteiger partial charge in [-0.3, -0.25) is 0 Å². The highest BCUT2D eigenvalue weighted by Gasteiger charge is 2.32. The highest BCUT2D eigenvalue weighted by atomic mass is 16.3. The van der Waals surface area contributed by atoms with Gasteiger partial charge < -0.3 is 5.11 Å². The minimum absolute atomic E-state index is 0.0373. The van der Waals surface area contributed by atoms with E-state index in [9.17, 15) is 5.11 Å². The van der Waals surface area contributed by atoms with Gasteiger partial charge in [0.2, 0.25) is 0 Å². The van der Waals surface area contributed by atoms with Gasteiger partial charge in [0, 0.05) is 0 Å². The number of hydrogen-bond acceptors (Lipinski definition) is 1. The van der Waals surface area contributed by atoms with Gasteiger partial charge in [-0.2, -0.15) is 0 Å². The lowest BCUT2D eigenvalue weighted by Crippen LogP contribution is -2.20. The molecule has 3 unspecified atom stereocenters. The van der Waals surface area contributed by atoms with Crippen LogP contribution in [0, 0.1) is 17.8 Å². The van der Waals surface area contributed by atoms with Crippen LogP contribution in [0.2, 0.25) is 0 Å². The van der Waals surface area contributed by atoms with Crippen LogP contribution in [-0.4, -0.2) is 11.2 Å². The van der Waals surface area contributed by atoms with E-state index in [2.05, 4.69) is 6.92 Å². The Morgan fingerprint density at radius 2 is 2.00 bits per heavy atom. The minimum atomic E-state index is 0.0373. The van der Waals surface area contributed by atoms with Crippen LogP contribution in [0.15, 0.2) is 0 Å². The first-order valence-electron chi connectivity index (χ1n) is 5.93. The molecule has 0 spiro atoms. The van der Waals surface area contributed by atoms with Crippen molar-refractivity contribution in [1.29, 1.82) is 0 Å². The summed E-state index contributed by atoms with van der Waals surface area (Å²) >= 11 is 0. The summed E-state index contributed by atoms with van der Waals surface area (Å²) in [5.41, 5.74) is 0. The molecule has 2 rings (SSSR count). The van der Waals surface area contributed by atoms with Crippen molar-refractivity contribution < 1.29 is 5.11 Å². The zero-order valence-corrected chi connectivity index (χ0v) is 8.71. The van der Waals surface area contributed by atoms with Crippen molar-refractivity contribution in [3.8, 4) is 0 Å². The lowest BCUT2D eigenvalue weighted by atomic mass is 9.79. The van der Waals surface area contributed by atoms with Crippen LogP contribution >= 0.6 is 0 Å². The van der Waals surface area contributed by atoms with E-state index in [0.717, 1.165) is 18.3 Å². The minimum Gasteiger partial charge on any atom is -0.393 e. The molecule has 1 heteroatoms. The molecule has 0 bridgehead atoms. The third kappa shape index (κ3) is 2.70. The molecule has 0 radical (unpaired) electrons. The highest BCUT2D eigenvalue weighted by molar-refractivity contribution is 4.83. The molecule has 3 atom stereocenters. The van der Waals surface area contributed by atoms with E-state index < -0.39 is 0 Å². The fourth-order valence-corrected chi connectivity index (χ4v) is 2.79. The van der Waals surface area contributed by atoms with Crippen molar-refractivity contribution in [3.63, 3.8) is 0 Å². The van der Waals surface area contributed by atoms with Crippen molar-refractivity contribution >= 4 is 0 Å². The Kier molecular flexibility index (Phi) is 2.92. The Bertz CT molecular complexity index is 163. The largest absolute Gasteiger partial charge is 0.393 e.